The van der Waals surface area contributed by atoms with Crippen LogP contribution in [0.15, 0.2) is 12.4 Å². The molecule has 1 saturated carbocycles. The Balaban J connectivity index is 2.29. The zero-order valence-corrected chi connectivity index (χ0v) is 11.8. The molecule has 0 radical (unpaired) electrons. The van der Waals surface area contributed by atoms with Gasteiger partial charge in [0, 0.05) is 24.4 Å². The molecule has 100 valence electrons. The highest BCUT2D eigenvalue weighted by molar-refractivity contribution is 5.97. The van der Waals surface area contributed by atoms with Gasteiger partial charge in [0.25, 0.3) is 0 Å². The van der Waals surface area contributed by atoms with Crippen LogP contribution < -0.4 is 0 Å². The predicted molar refractivity (Wildman–Crippen MR) is 72.6 cm³/mol. The molecule has 1 fully saturated rings. The number of nitrogens with zero attached hydrogens (tertiary/aromatic N) is 2. The fraction of sp³-hybridized carbons (Fsp3) is 0.733. The van der Waals surface area contributed by atoms with Gasteiger partial charge in [0.2, 0.25) is 5.78 Å². The van der Waals surface area contributed by atoms with Crippen LogP contribution >= 0.6 is 0 Å². The van der Waals surface area contributed by atoms with Gasteiger partial charge in [0.15, 0.2) is 5.82 Å². The summed E-state index contributed by atoms with van der Waals surface area (Å²) >= 11 is 0. The topological polar surface area (TPSA) is 34.9 Å². The summed E-state index contributed by atoms with van der Waals surface area (Å²) in [5.41, 5.74) is -0.132. The van der Waals surface area contributed by atoms with Crippen molar-refractivity contribution >= 4 is 5.78 Å². The highest BCUT2D eigenvalue weighted by atomic mass is 16.1. The molecule has 3 nitrogen and oxygen atoms in total. The molecule has 1 aromatic heterocycles. The highest BCUT2D eigenvalue weighted by Crippen LogP contribution is 2.45. The Kier molecular flexibility index (Phi) is 3.88. The molecule has 0 amide bonds. The molecular weight excluding hydrogens is 224 g/mol. The van der Waals surface area contributed by atoms with E-state index in [1.807, 2.05) is 10.8 Å². The van der Waals surface area contributed by atoms with Gasteiger partial charge in [-0.25, -0.2) is 4.98 Å². The summed E-state index contributed by atoms with van der Waals surface area (Å²) in [4.78, 5) is 17.2. The van der Waals surface area contributed by atoms with E-state index in [0.29, 0.717) is 11.7 Å². The smallest absolute Gasteiger partial charge is 0.204 e. The van der Waals surface area contributed by atoms with E-state index in [1.165, 1.54) is 12.8 Å². The van der Waals surface area contributed by atoms with E-state index in [9.17, 15) is 4.79 Å². The zero-order chi connectivity index (χ0) is 13.2. The van der Waals surface area contributed by atoms with Crippen LogP contribution in [0.3, 0.4) is 0 Å². The first-order chi connectivity index (χ1) is 8.59. The number of rotatable bonds is 5. The molecule has 18 heavy (non-hydrogen) atoms. The number of Topliss-reactive ketones (excluding diaryl/α,β-unsaturated/α-hetero) is 1. The second-order valence-electron chi connectivity index (χ2n) is 5.95. The molecule has 1 aliphatic rings. The molecule has 1 aliphatic carbocycles. The summed E-state index contributed by atoms with van der Waals surface area (Å²) in [6.45, 7) is 7.29. The van der Waals surface area contributed by atoms with Crippen molar-refractivity contribution in [3.63, 3.8) is 0 Å². The maximum absolute atomic E-state index is 12.9. The highest BCUT2D eigenvalue weighted by Gasteiger charge is 2.43. The molecule has 0 atom stereocenters. The largest absolute Gasteiger partial charge is 0.329 e. The van der Waals surface area contributed by atoms with Gasteiger partial charge in [0.05, 0.1) is 0 Å². The Morgan fingerprint density at radius 2 is 2.11 bits per heavy atom. The molecule has 3 heteroatoms. The lowest BCUT2D eigenvalue weighted by Crippen LogP contribution is -2.32. The number of carbonyl (C=O) groups excluding carboxylic acids is 1. The van der Waals surface area contributed by atoms with Crippen molar-refractivity contribution in [3.8, 4) is 0 Å². The van der Waals surface area contributed by atoms with E-state index in [-0.39, 0.29) is 11.2 Å². The Hall–Kier alpha value is -1.12. The van der Waals surface area contributed by atoms with Gasteiger partial charge in [-0.2, -0.15) is 0 Å². The van der Waals surface area contributed by atoms with Crippen LogP contribution in [0.1, 0.15) is 63.5 Å². The van der Waals surface area contributed by atoms with E-state index in [4.69, 9.17) is 0 Å². The number of hydrogen-bond donors (Lipinski definition) is 0. The summed E-state index contributed by atoms with van der Waals surface area (Å²) in [5, 5.41) is 0. The molecule has 0 aliphatic heterocycles. The van der Waals surface area contributed by atoms with E-state index in [2.05, 4.69) is 25.8 Å². The van der Waals surface area contributed by atoms with E-state index >= 15 is 0 Å². The maximum atomic E-state index is 12.9. The lowest BCUT2D eigenvalue weighted by atomic mass is 9.74. The van der Waals surface area contributed by atoms with Gasteiger partial charge in [-0.15, -0.1) is 0 Å². The van der Waals surface area contributed by atoms with Gasteiger partial charge >= 0.3 is 0 Å². The van der Waals surface area contributed by atoms with Crippen LogP contribution in [0, 0.1) is 11.3 Å². The summed E-state index contributed by atoms with van der Waals surface area (Å²) < 4.78 is 1.97. The van der Waals surface area contributed by atoms with E-state index in [0.717, 1.165) is 25.8 Å². The first-order valence-corrected chi connectivity index (χ1v) is 7.15. The molecule has 0 bridgehead atoms. The molecule has 0 unspecified atom stereocenters. The van der Waals surface area contributed by atoms with Crippen LogP contribution in [-0.2, 0) is 6.54 Å². The second kappa shape index (κ2) is 5.25. The second-order valence-corrected chi connectivity index (χ2v) is 5.95. The molecule has 2 rings (SSSR count). The Morgan fingerprint density at radius 3 is 2.67 bits per heavy atom. The third-order valence-electron chi connectivity index (χ3n) is 4.10. The minimum atomic E-state index is -0.132. The van der Waals surface area contributed by atoms with Gasteiger partial charge < -0.3 is 4.57 Å². The van der Waals surface area contributed by atoms with Crippen molar-refractivity contribution in [1.82, 2.24) is 9.55 Å². The lowest BCUT2D eigenvalue weighted by molar-refractivity contribution is 0.0743. The van der Waals surface area contributed by atoms with Crippen molar-refractivity contribution in [2.75, 3.05) is 0 Å². The number of ketones is 1. The quantitative estimate of drug-likeness (QED) is 0.745. The maximum Gasteiger partial charge on any atom is 0.204 e. The first kappa shape index (κ1) is 13.3. The van der Waals surface area contributed by atoms with Crippen molar-refractivity contribution in [2.45, 2.75) is 59.4 Å². The van der Waals surface area contributed by atoms with Crippen molar-refractivity contribution in [1.29, 1.82) is 0 Å². The molecule has 0 saturated heterocycles. The van der Waals surface area contributed by atoms with E-state index < -0.39 is 0 Å². The monoisotopic (exact) mass is 248 g/mol. The first-order valence-electron chi connectivity index (χ1n) is 7.15. The normalized spacial score (nSPS) is 18.4. The number of aromatic nitrogens is 2. The van der Waals surface area contributed by atoms with Crippen molar-refractivity contribution in [3.05, 3.63) is 18.2 Å². The molecule has 0 spiro atoms. The summed E-state index contributed by atoms with van der Waals surface area (Å²) in [6, 6.07) is 0. The van der Waals surface area contributed by atoms with Gasteiger partial charge in [0.1, 0.15) is 0 Å². The molecule has 1 heterocycles. The van der Waals surface area contributed by atoms with E-state index in [1.54, 1.807) is 6.20 Å². The molecule has 0 aromatic carbocycles. The summed E-state index contributed by atoms with van der Waals surface area (Å²) in [7, 11) is 0. The number of hydrogen-bond acceptors (Lipinski definition) is 2. The van der Waals surface area contributed by atoms with Crippen LogP contribution in [0.25, 0.3) is 0 Å². The lowest BCUT2D eigenvalue weighted by Gasteiger charge is -2.29. The van der Waals surface area contributed by atoms with Crippen molar-refractivity contribution < 1.29 is 4.79 Å². The SMILES string of the molecule is CCn1ccnc1C(=O)C1(CC(C)C)CCCC1. The van der Waals surface area contributed by atoms with Gasteiger partial charge in [-0.3, -0.25) is 4.79 Å². The zero-order valence-electron chi connectivity index (χ0n) is 11.8. The van der Waals surface area contributed by atoms with Crippen LogP contribution in [0.4, 0.5) is 0 Å². The third-order valence-corrected chi connectivity index (χ3v) is 4.10. The number of aryl methyl sites for hydroxylation is 1. The molecule has 1 aromatic rings. The van der Waals surface area contributed by atoms with Crippen LogP contribution in [0.2, 0.25) is 0 Å². The molecular formula is C15H24N2O. The fourth-order valence-corrected chi connectivity index (χ4v) is 3.37. The number of imidazole rings is 1. The Labute approximate surface area is 110 Å². The molecule has 0 N–H and O–H groups in total. The summed E-state index contributed by atoms with van der Waals surface area (Å²) in [6.07, 6.45) is 9.11. The Bertz CT molecular complexity index is 414. The number of carbonyl (C=O) groups is 1. The predicted octanol–water partition coefficient (Wildman–Crippen LogP) is 3.69. The third kappa shape index (κ3) is 2.36. The minimum Gasteiger partial charge on any atom is -0.329 e. The average Bonchev–Trinajstić information content (AvgIpc) is 2.95. The van der Waals surface area contributed by atoms with Gasteiger partial charge in [-0.1, -0.05) is 26.7 Å². The van der Waals surface area contributed by atoms with Gasteiger partial charge in [-0.05, 0) is 32.1 Å². The average molecular weight is 248 g/mol. The fourth-order valence-electron chi connectivity index (χ4n) is 3.37. The van der Waals surface area contributed by atoms with Crippen LogP contribution in [-0.4, -0.2) is 15.3 Å². The Morgan fingerprint density at radius 1 is 1.44 bits per heavy atom. The van der Waals surface area contributed by atoms with Crippen molar-refractivity contribution in [2.24, 2.45) is 11.3 Å². The summed E-state index contributed by atoms with van der Waals surface area (Å²) in [5.74, 6) is 1.51. The van der Waals surface area contributed by atoms with Crippen LogP contribution in [0.5, 0.6) is 0 Å². The minimum absolute atomic E-state index is 0.132. The standard InChI is InChI=1S/C15H24N2O/c1-4-17-10-9-16-14(17)13(18)15(11-12(2)3)7-5-6-8-15/h9-10,12H,4-8,11H2,1-3H3.